The van der Waals surface area contributed by atoms with Crippen LogP contribution in [0.2, 0.25) is 0 Å². The van der Waals surface area contributed by atoms with Crippen LogP contribution in [0, 0.1) is 29.4 Å². The first-order chi connectivity index (χ1) is 13.6. The fraction of sp³-hybridized carbons (Fsp3) is 0.696. The summed E-state index contributed by atoms with van der Waals surface area (Å²) in [6.07, 6.45) is 9.10. The van der Waals surface area contributed by atoms with Crippen LogP contribution < -0.4 is 0 Å². The third-order valence-electron chi connectivity index (χ3n) is 7.24. The van der Waals surface area contributed by atoms with Crippen LogP contribution in [0.15, 0.2) is 18.2 Å². The van der Waals surface area contributed by atoms with Crippen molar-refractivity contribution in [1.29, 1.82) is 0 Å². The van der Waals surface area contributed by atoms with Crippen molar-refractivity contribution >= 4 is 5.91 Å². The highest BCUT2D eigenvalue weighted by Crippen LogP contribution is 2.34. The van der Waals surface area contributed by atoms with Crippen LogP contribution in [0.3, 0.4) is 0 Å². The summed E-state index contributed by atoms with van der Waals surface area (Å²) in [4.78, 5) is 16.9. The van der Waals surface area contributed by atoms with Gasteiger partial charge in [0.05, 0.1) is 0 Å². The van der Waals surface area contributed by atoms with Crippen LogP contribution in [0.25, 0.3) is 0 Å². The Bertz CT molecular complexity index is 681. The van der Waals surface area contributed by atoms with Gasteiger partial charge in [0.1, 0.15) is 0 Å². The molecule has 1 aliphatic carbocycles. The molecule has 1 atom stereocenters. The number of likely N-dealkylation sites (tertiary alicyclic amines) is 2. The molecule has 0 radical (unpaired) electrons. The molecule has 0 N–H and O–H groups in total. The van der Waals surface area contributed by atoms with Crippen molar-refractivity contribution in [2.75, 3.05) is 26.2 Å². The molecule has 1 saturated carbocycles. The zero-order chi connectivity index (χ0) is 19.5. The van der Waals surface area contributed by atoms with Crippen LogP contribution >= 0.6 is 0 Å². The Balaban J connectivity index is 1.23. The van der Waals surface area contributed by atoms with Crippen LogP contribution in [0.5, 0.6) is 0 Å². The predicted molar refractivity (Wildman–Crippen MR) is 106 cm³/mol. The van der Waals surface area contributed by atoms with Gasteiger partial charge in [-0.2, -0.15) is 0 Å². The fourth-order valence-electron chi connectivity index (χ4n) is 5.48. The van der Waals surface area contributed by atoms with Gasteiger partial charge in [0.2, 0.25) is 5.91 Å². The summed E-state index contributed by atoms with van der Waals surface area (Å²) >= 11 is 0. The lowest BCUT2D eigenvalue weighted by Crippen LogP contribution is -2.37. The van der Waals surface area contributed by atoms with Gasteiger partial charge in [-0.25, -0.2) is 8.78 Å². The molecule has 0 bridgehead atoms. The first-order valence-electron chi connectivity index (χ1n) is 11.0. The van der Waals surface area contributed by atoms with E-state index in [0.29, 0.717) is 35.8 Å². The van der Waals surface area contributed by atoms with Crippen molar-refractivity contribution in [2.24, 2.45) is 17.8 Å². The minimum atomic E-state index is -0.763. The molecule has 4 rings (SSSR count). The molecule has 2 heterocycles. The summed E-state index contributed by atoms with van der Waals surface area (Å²) in [7, 11) is 0. The molecule has 1 aromatic carbocycles. The van der Waals surface area contributed by atoms with Gasteiger partial charge in [0.25, 0.3) is 0 Å². The van der Waals surface area contributed by atoms with E-state index in [1.54, 1.807) is 12.1 Å². The van der Waals surface area contributed by atoms with E-state index in [2.05, 4.69) is 9.80 Å². The van der Waals surface area contributed by atoms with E-state index in [4.69, 9.17) is 0 Å². The molecule has 28 heavy (non-hydrogen) atoms. The summed E-state index contributed by atoms with van der Waals surface area (Å²) in [6.45, 7) is 4.17. The average Bonchev–Trinajstić information content (AvgIpc) is 3.38. The Morgan fingerprint density at radius 3 is 2.43 bits per heavy atom. The number of hydrogen-bond donors (Lipinski definition) is 0. The lowest BCUT2D eigenvalue weighted by molar-refractivity contribution is -0.131. The van der Waals surface area contributed by atoms with Gasteiger partial charge >= 0.3 is 0 Å². The molecular formula is C23H32F2N2O. The maximum atomic E-state index is 13.9. The number of benzene rings is 1. The third-order valence-corrected chi connectivity index (χ3v) is 7.24. The lowest BCUT2D eigenvalue weighted by atomic mass is 9.83. The molecule has 0 aromatic heterocycles. The third kappa shape index (κ3) is 4.56. The van der Waals surface area contributed by atoms with Gasteiger partial charge in [-0.05, 0) is 69.0 Å². The van der Waals surface area contributed by atoms with Crippen molar-refractivity contribution in [3.8, 4) is 0 Å². The van der Waals surface area contributed by atoms with Crippen molar-refractivity contribution in [3.05, 3.63) is 35.4 Å². The summed E-state index contributed by atoms with van der Waals surface area (Å²) < 4.78 is 27.3. The topological polar surface area (TPSA) is 23.6 Å². The van der Waals surface area contributed by atoms with Crippen molar-refractivity contribution in [3.63, 3.8) is 0 Å². The normalized spacial score (nSPS) is 24.9. The predicted octanol–water partition coefficient (Wildman–Crippen LogP) is 4.61. The molecule has 3 nitrogen and oxygen atoms in total. The number of nitrogens with zero attached hydrogens (tertiary/aromatic N) is 2. The number of amides is 1. The second-order valence-electron chi connectivity index (χ2n) is 9.07. The largest absolute Gasteiger partial charge is 0.342 e. The Morgan fingerprint density at radius 2 is 1.68 bits per heavy atom. The van der Waals surface area contributed by atoms with E-state index in [9.17, 15) is 13.6 Å². The SMILES string of the molecule is O=C(CC1CCCC1)N1CCC(C2CCN(Cc3cccc(F)c3F)CC2)C1. The number of carbonyl (C=O) groups excluding carboxylic acids is 1. The summed E-state index contributed by atoms with van der Waals surface area (Å²) in [6, 6.07) is 4.43. The maximum Gasteiger partial charge on any atom is 0.222 e. The van der Waals surface area contributed by atoms with E-state index in [1.165, 1.54) is 31.7 Å². The van der Waals surface area contributed by atoms with Gasteiger partial charge < -0.3 is 4.90 Å². The monoisotopic (exact) mass is 390 g/mol. The molecule has 2 saturated heterocycles. The molecule has 2 aliphatic heterocycles. The van der Waals surface area contributed by atoms with Crippen LogP contribution in [0.1, 0.15) is 56.9 Å². The minimum absolute atomic E-state index is 0.369. The highest BCUT2D eigenvalue weighted by molar-refractivity contribution is 5.76. The first-order valence-corrected chi connectivity index (χ1v) is 11.0. The maximum absolute atomic E-state index is 13.9. The number of carbonyl (C=O) groups is 1. The van der Waals surface area contributed by atoms with E-state index >= 15 is 0 Å². The Hall–Kier alpha value is -1.49. The molecule has 3 aliphatic rings. The number of rotatable bonds is 5. The quantitative estimate of drug-likeness (QED) is 0.733. The Kier molecular flexibility index (Phi) is 6.29. The first kappa shape index (κ1) is 19.8. The molecule has 1 unspecified atom stereocenters. The summed E-state index contributed by atoms with van der Waals surface area (Å²) in [5.74, 6) is 0.780. The molecular weight excluding hydrogens is 358 g/mol. The minimum Gasteiger partial charge on any atom is -0.342 e. The second-order valence-corrected chi connectivity index (χ2v) is 9.07. The van der Waals surface area contributed by atoms with Gasteiger partial charge in [0.15, 0.2) is 11.6 Å². The lowest BCUT2D eigenvalue weighted by Gasteiger charge is -2.35. The van der Waals surface area contributed by atoms with Crippen LogP contribution in [-0.4, -0.2) is 41.9 Å². The molecule has 5 heteroatoms. The van der Waals surface area contributed by atoms with Crippen molar-refractivity contribution in [1.82, 2.24) is 9.80 Å². The Labute approximate surface area is 167 Å². The summed E-state index contributed by atoms with van der Waals surface area (Å²) in [5, 5.41) is 0. The highest BCUT2D eigenvalue weighted by atomic mass is 19.2. The van der Waals surface area contributed by atoms with Crippen LogP contribution in [-0.2, 0) is 11.3 Å². The van der Waals surface area contributed by atoms with Crippen LogP contribution in [0.4, 0.5) is 8.78 Å². The van der Waals surface area contributed by atoms with Gasteiger partial charge in [-0.3, -0.25) is 9.69 Å². The molecule has 1 amide bonds. The van der Waals surface area contributed by atoms with Crippen molar-refractivity contribution in [2.45, 2.75) is 57.9 Å². The van der Waals surface area contributed by atoms with Crippen molar-refractivity contribution < 1.29 is 13.6 Å². The van der Waals surface area contributed by atoms with E-state index < -0.39 is 11.6 Å². The van der Waals surface area contributed by atoms with Gasteiger partial charge in [-0.15, -0.1) is 0 Å². The zero-order valence-corrected chi connectivity index (χ0v) is 16.7. The number of halogens is 2. The fourth-order valence-corrected chi connectivity index (χ4v) is 5.48. The Morgan fingerprint density at radius 1 is 0.964 bits per heavy atom. The van der Waals surface area contributed by atoms with E-state index in [1.807, 2.05) is 0 Å². The molecule has 154 valence electrons. The van der Waals surface area contributed by atoms with E-state index in [0.717, 1.165) is 51.9 Å². The molecule has 0 spiro atoms. The highest BCUT2D eigenvalue weighted by Gasteiger charge is 2.34. The molecule has 3 fully saturated rings. The average molecular weight is 391 g/mol. The van der Waals surface area contributed by atoms with E-state index in [-0.39, 0.29) is 0 Å². The smallest absolute Gasteiger partial charge is 0.222 e. The van der Waals surface area contributed by atoms with Gasteiger partial charge in [-0.1, -0.05) is 25.0 Å². The molecule has 1 aromatic rings. The van der Waals surface area contributed by atoms with Gasteiger partial charge in [0, 0.05) is 31.6 Å². The second kappa shape index (κ2) is 8.89. The standard InChI is InChI=1S/C23H32F2N2O/c24-21-7-3-6-20(23(21)25)15-26-11-8-18(9-12-26)19-10-13-27(16-19)22(28)14-17-4-1-2-5-17/h3,6-7,17-19H,1-2,4-5,8-16H2. The zero-order valence-electron chi connectivity index (χ0n) is 16.7. The number of piperidine rings is 1. The summed E-state index contributed by atoms with van der Waals surface area (Å²) in [5.41, 5.74) is 0.447. The number of hydrogen-bond acceptors (Lipinski definition) is 2.